The third-order valence-electron chi connectivity index (χ3n) is 6.70. The lowest BCUT2D eigenvalue weighted by Gasteiger charge is -2.17. The molecule has 0 saturated carbocycles. The molecule has 1 aliphatic heterocycles. The SMILES string of the molecule is Cc1cc(/C=C2/C(=O)N(Cc3ccccc3)c3ccccc32)c2c(C)ccc(C(C)C)cc1-2. The minimum atomic E-state index is 0.0629. The van der Waals surface area contributed by atoms with Gasteiger partial charge in [-0.2, -0.15) is 0 Å². The molecule has 0 bridgehead atoms. The summed E-state index contributed by atoms with van der Waals surface area (Å²) in [5.74, 6) is 0.527. The molecule has 2 heteroatoms. The number of amides is 1. The molecule has 0 unspecified atom stereocenters. The van der Waals surface area contributed by atoms with E-state index in [2.05, 4.69) is 76.2 Å². The lowest BCUT2D eigenvalue weighted by molar-refractivity contribution is -0.113. The van der Waals surface area contributed by atoms with Gasteiger partial charge in [0.25, 0.3) is 5.91 Å². The van der Waals surface area contributed by atoms with Gasteiger partial charge < -0.3 is 4.90 Å². The molecule has 2 aromatic rings. The van der Waals surface area contributed by atoms with Gasteiger partial charge in [0, 0.05) is 11.1 Å². The third kappa shape index (κ3) is 3.76. The van der Waals surface area contributed by atoms with Crippen LogP contribution in [-0.2, 0) is 11.3 Å². The van der Waals surface area contributed by atoms with Crippen molar-refractivity contribution in [1.29, 1.82) is 0 Å². The fourth-order valence-electron chi connectivity index (χ4n) is 4.88. The normalized spacial score (nSPS) is 14.5. The highest BCUT2D eigenvalue weighted by Gasteiger charge is 2.32. The second-order valence-electron chi connectivity index (χ2n) is 9.34. The summed E-state index contributed by atoms with van der Waals surface area (Å²) >= 11 is 0. The Morgan fingerprint density at radius 1 is 0.818 bits per heavy atom. The minimum Gasteiger partial charge on any atom is -0.303 e. The molecule has 164 valence electrons. The van der Waals surface area contributed by atoms with Crippen LogP contribution in [0.3, 0.4) is 0 Å². The maximum atomic E-state index is 13.7. The summed E-state index contributed by atoms with van der Waals surface area (Å²) in [5, 5.41) is 0. The topological polar surface area (TPSA) is 20.3 Å². The average Bonchev–Trinajstić information content (AvgIpc) is 3.17. The van der Waals surface area contributed by atoms with Crippen LogP contribution in [0.25, 0.3) is 22.8 Å². The molecule has 2 aromatic carbocycles. The van der Waals surface area contributed by atoms with E-state index in [1.54, 1.807) is 0 Å². The molecule has 0 fully saturated rings. The summed E-state index contributed by atoms with van der Waals surface area (Å²) in [6, 6.07) is 27.3. The van der Waals surface area contributed by atoms with Gasteiger partial charge in [-0.3, -0.25) is 4.79 Å². The Hall–Kier alpha value is -3.65. The van der Waals surface area contributed by atoms with Gasteiger partial charge in [0.05, 0.1) is 12.2 Å². The van der Waals surface area contributed by atoms with Gasteiger partial charge in [0.2, 0.25) is 0 Å². The lowest BCUT2D eigenvalue weighted by Crippen LogP contribution is -2.25. The Labute approximate surface area is 196 Å². The molecule has 2 nitrogen and oxygen atoms in total. The standard InChI is InChI=1S/C31H29NO/c1-20(2)24-15-14-21(3)30-25(16-22(4)27(30)17-24)18-28-26-12-8-9-13-29(26)32(31(28)33)19-23-10-6-5-7-11-23/h5-18,20H,19H2,1-4H3/b28-18+. The number of nitrogens with zero attached hydrogens (tertiary/aromatic N) is 1. The molecule has 1 heterocycles. The van der Waals surface area contributed by atoms with E-state index in [4.69, 9.17) is 0 Å². The number of carbonyl (C=O) groups excluding carboxylic acids is 1. The number of hydrogen-bond acceptors (Lipinski definition) is 1. The summed E-state index contributed by atoms with van der Waals surface area (Å²) in [4.78, 5) is 15.6. The van der Waals surface area contributed by atoms with Gasteiger partial charge in [-0.1, -0.05) is 86.6 Å². The number of hydrogen-bond donors (Lipinski definition) is 0. The van der Waals surface area contributed by atoms with Gasteiger partial charge in [-0.15, -0.1) is 0 Å². The summed E-state index contributed by atoms with van der Waals surface area (Å²) in [6.45, 7) is 9.36. The Bertz CT molecular complexity index is 1350. The van der Waals surface area contributed by atoms with Crippen LogP contribution in [0.5, 0.6) is 0 Å². The Kier molecular flexibility index (Phi) is 5.38. The zero-order chi connectivity index (χ0) is 23.1. The molecule has 1 amide bonds. The Balaban J connectivity index is 1.62. The van der Waals surface area contributed by atoms with E-state index >= 15 is 0 Å². The van der Waals surface area contributed by atoms with Crippen molar-refractivity contribution in [2.24, 2.45) is 0 Å². The van der Waals surface area contributed by atoms with Crippen molar-refractivity contribution in [3.63, 3.8) is 0 Å². The van der Waals surface area contributed by atoms with Crippen LogP contribution in [0, 0.1) is 13.8 Å². The molecule has 0 aromatic heterocycles. The number of aryl methyl sites for hydroxylation is 2. The number of carbonyl (C=O) groups is 1. The van der Waals surface area contributed by atoms with E-state index in [-0.39, 0.29) is 5.91 Å². The van der Waals surface area contributed by atoms with Crippen LogP contribution in [-0.4, -0.2) is 5.91 Å². The Morgan fingerprint density at radius 3 is 2.30 bits per heavy atom. The van der Waals surface area contributed by atoms with E-state index in [1.165, 1.54) is 27.8 Å². The Morgan fingerprint density at radius 2 is 1.55 bits per heavy atom. The maximum absolute atomic E-state index is 13.7. The number of anilines is 1. The highest BCUT2D eigenvalue weighted by molar-refractivity contribution is 6.36. The maximum Gasteiger partial charge on any atom is 0.259 e. The predicted molar refractivity (Wildman–Crippen MR) is 139 cm³/mol. The first kappa shape index (κ1) is 21.2. The molecule has 0 spiro atoms. The molecule has 0 N–H and O–H groups in total. The molecule has 0 atom stereocenters. The van der Waals surface area contributed by atoms with Crippen LogP contribution in [0.4, 0.5) is 5.69 Å². The van der Waals surface area contributed by atoms with E-state index in [0.29, 0.717) is 12.5 Å². The fourth-order valence-corrected chi connectivity index (χ4v) is 4.88. The van der Waals surface area contributed by atoms with Gasteiger partial charge >= 0.3 is 0 Å². The van der Waals surface area contributed by atoms with Crippen molar-refractivity contribution in [2.75, 3.05) is 4.90 Å². The second-order valence-corrected chi connectivity index (χ2v) is 9.34. The minimum absolute atomic E-state index is 0.0629. The summed E-state index contributed by atoms with van der Waals surface area (Å²) in [6.07, 6.45) is 2.10. The van der Waals surface area contributed by atoms with Crippen molar-refractivity contribution in [1.82, 2.24) is 0 Å². The molecular formula is C31H29NO. The quantitative estimate of drug-likeness (QED) is 0.304. The van der Waals surface area contributed by atoms with Crippen LogP contribution in [0.15, 0.2) is 78.9 Å². The van der Waals surface area contributed by atoms with E-state index in [1.807, 2.05) is 41.3 Å². The van der Waals surface area contributed by atoms with Gasteiger partial charge in [-0.05, 0) is 70.9 Å². The monoisotopic (exact) mass is 431 g/mol. The first-order valence-electron chi connectivity index (χ1n) is 11.6. The largest absolute Gasteiger partial charge is 0.303 e. The molecular weight excluding hydrogens is 402 g/mol. The number of benzene rings is 2. The van der Waals surface area contributed by atoms with Gasteiger partial charge in [-0.25, -0.2) is 0 Å². The second kappa shape index (κ2) is 8.37. The first-order chi connectivity index (χ1) is 15.9. The molecule has 33 heavy (non-hydrogen) atoms. The highest BCUT2D eigenvalue weighted by atomic mass is 16.2. The number of para-hydroxylation sites is 1. The van der Waals surface area contributed by atoms with Crippen molar-refractivity contribution < 1.29 is 4.79 Å². The van der Waals surface area contributed by atoms with E-state index in [9.17, 15) is 4.79 Å². The van der Waals surface area contributed by atoms with Gasteiger partial charge in [0.1, 0.15) is 0 Å². The van der Waals surface area contributed by atoms with Crippen molar-refractivity contribution in [2.45, 2.75) is 40.2 Å². The van der Waals surface area contributed by atoms with Crippen LogP contribution in [0.2, 0.25) is 0 Å². The highest BCUT2D eigenvalue weighted by Crippen LogP contribution is 2.42. The fraction of sp³-hybridized carbons (Fsp3) is 0.194. The summed E-state index contributed by atoms with van der Waals surface area (Å²) in [7, 11) is 0. The summed E-state index contributed by atoms with van der Waals surface area (Å²) < 4.78 is 0. The van der Waals surface area contributed by atoms with Crippen molar-refractivity contribution >= 4 is 23.2 Å². The smallest absolute Gasteiger partial charge is 0.259 e. The first-order valence-corrected chi connectivity index (χ1v) is 11.6. The molecule has 0 saturated heterocycles. The van der Waals surface area contributed by atoms with Gasteiger partial charge in [0.15, 0.2) is 0 Å². The number of rotatable bonds is 4. The zero-order valence-corrected chi connectivity index (χ0v) is 19.7. The predicted octanol–water partition coefficient (Wildman–Crippen LogP) is 7.62. The molecule has 3 aliphatic rings. The van der Waals surface area contributed by atoms with E-state index in [0.717, 1.165) is 28.0 Å². The van der Waals surface area contributed by atoms with Crippen molar-refractivity contribution in [3.8, 4) is 11.1 Å². The van der Waals surface area contributed by atoms with Crippen LogP contribution in [0.1, 0.15) is 53.1 Å². The van der Waals surface area contributed by atoms with E-state index < -0.39 is 0 Å². The van der Waals surface area contributed by atoms with Crippen LogP contribution < -0.4 is 4.90 Å². The zero-order valence-electron chi connectivity index (χ0n) is 19.7. The number of fused-ring (bicyclic) bond motifs is 2. The third-order valence-corrected chi connectivity index (χ3v) is 6.70. The average molecular weight is 432 g/mol. The molecule has 0 radical (unpaired) electrons. The lowest BCUT2D eigenvalue weighted by atomic mass is 9.99. The molecule has 5 rings (SSSR count). The van der Waals surface area contributed by atoms with Crippen molar-refractivity contribution in [3.05, 3.63) is 112 Å². The molecule has 2 aliphatic carbocycles. The summed E-state index contributed by atoms with van der Waals surface area (Å²) in [5.41, 5.74) is 11.3. The van der Waals surface area contributed by atoms with Crippen LogP contribution >= 0.6 is 0 Å².